The average Bonchev–Trinajstić information content (AvgIpc) is 2.59. The fourth-order valence-corrected chi connectivity index (χ4v) is 4.14. The third kappa shape index (κ3) is 6.37. The van der Waals surface area contributed by atoms with E-state index in [0.29, 0.717) is 33.9 Å². The molecule has 3 aromatic rings. The molecule has 0 spiro atoms. The van der Waals surface area contributed by atoms with Crippen LogP contribution in [0.1, 0.15) is 16.7 Å². The minimum Gasteiger partial charge on any atom is -0.324 e. The molecule has 0 aliphatic rings. The Morgan fingerprint density at radius 2 is 1.21 bits per heavy atom. The topological polar surface area (TPSA) is 154 Å². The van der Waals surface area contributed by atoms with Gasteiger partial charge in [0.15, 0.2) is 0 Å². The lowest BCUT2D eigenvalue weighted by Gasteiger charge is -2.11. The molecule has 4 N–H and O–H groups in total. The lowest BCUT2D eigenvalue weighted by Crippen LogP contribution is -1.98. The quantitative estimate of drug-likeness (QED) is 0.428. The van der Waals surface area contributed by atoms with Gasteiger partial charge in [0.05, 0.1) is 35.1 Å². The SMILES string of the molecule is Cc1ccnc(-c2cc(CP(=O)(O)O)cc(-c3cc(CP(=O)(O)O)ccn3)n2)c1. The smallest absolute Gasteiger partial charge is 0.324 e. The van der Waals surface area contributed by atoms with Gasteiger partial charge in [0.1, 0.15) is 0 Å². The van der Waals surface area contributed by atoms with Gasteiger partial charge in [0.25, 0.3) is 0 Å². The molecule has 0 aliphatic heterocycles. The van der Waals surface area contributed by atoms with Crippen LogP contribution in [-0.4, -0.2) is 34.5 Å². The van der Waals surface area contributed by atoms with E-state index in [9.17, 15) is 28.7 Å². The van der Waals surface area contributed by atoms with E-state index < -0.39 is 27.5 Å². The molecule has 0 radical (unpaired) electrons. The first-order valence-corrected chi connectivity index (χ1v) is 12.1. The van der Waals surface area contributed by atoms with Gasteiger partial charge in [-0.1, -0.05) is 0 Å². The number of rotatable bonds is 6. The lowest BCUT2D eigenvalue weighted by molar-refractivity contribution is 0.369. The molecule has 152 valence electrons. The van der Waals surface area contributed by atoms with E-state index in [1.165, 1.54) is 24.4 Å². The van der Waals surface area contributed by atoms with E-state index >= 15 is 0 Å². The van der Waals surface area contributed by atoms with E-state index in [1.807, 2.05) is 13.0 Å². The summed E-state index contributed by atoms with van der Waals surface area (Å²) >= 11 is 0. The van der Waals surface area contributed by atoms with Crippen LogP contribution in [0.15, 0.2) is 48.8 Å². The zero-order valence-electron chi connectivity index (χ0n) is 15.4. The molecule has 9 nitrogen and oxygen atoms in total. The molecule has 0 aromatic carbocycles. The monoisotopic (exact) mass is 435 g/mol. The van der Waals surface area contributed by atoms with Gasteiger partial charge in [0, 0.05) is 12.4 Å². The Labute approximate surface area is 166 Å². The molecule has 3 heterocycles. The third-order valence-electron chi connectivity index (χ3n) is 3.93. The van der Waals surface area contributed by atoms with Crippen LogP contribution in [0.2, 0.25) is 0 Å². The highest BCUT2D eigenvalue weighted by molar-refractivity contribution is 7.51. The molecular formula is C18H19N3O6P2. The van der Waals surface area contributed by atoms with Crippen molar-refractivity contribution in [3.05, 3.63) is 65.5 Å². The molecule has 0 saturated carbocycles. The maximum Gasteiger partial charge on any atom is 0.329 e. The van der Waals surface area contributed by atoms with E-state index in [1.54, 1.807) is 18.3 Å². The summed E-state index contributed by atoms with van der Waals surface area (Å²) in [7, 11) is -8.59. The van der Waals surface area contributed by atoms with Crippen LogP contribution in [0.4, 0.5) is 0 Å². The summed E-state index contributed by atoms with van der Waals surface area (Å²) in [5.41, 5.74) is 3.27. The van der Waals surface area contributed by atoms with Crippen molar-refractivity contribution in [2.24, 2.45) is 0 Å². The highest BCUT2D eigenvalue weighted by Crippen LogP contribution is 2.41. The minimum absolute atomic E-state index is 0.321. The van der Waals surface area contributed by atoms with Crippen LogP contribution < -0.4 is 0 Å². The van der Waals surface area contributed by atoms with Gasteiger partial charge in [-0.3, -0.25) is 19.1 Å². The Bertz CT molecular complexity index is 1140. The van der Waals surface area contributed by atoms with Crippen molar-refractivity contribution in [3.63, 3.8) is 0 Å². The zero-order valence-corrected chi connectivity index (χ0v) is 17.2. The fourth-order valence-electron chi connectivity index (χ4n) is 2.81. The van der Waals surface area contributed by atoms with Crippen LogP contribution in [0.25, 0.3) is 22.8 Å². The molecule has 29 heavy (non-hydrogen) atoms. The zero-order chi connectivity index (χ0) is 21.2. The van der Waals surface area contributed by atoms with Crippen molar-refractivity contribution < 1.29 is 28.7 Å². The number of aromatic nitrogens is 3. The van der Waals surface area contributed by atoms with Gasteiger partial charge >= 0.3 is 15.2 Å². The summed E-state index contributed by atoms with van der Waals surface area (Å²) in [6.45, 7) is 1.89. The Kier molecular flexibility index (Phi) is 6.10. The summed E-state index contributed by atoms with van der Waals surface area (Å²) in [6, 6.07) is 9.66. The largest absolute Gasteiger partial charge is 0.329 e. The first-order valence-electron chi connectivity index (χ1n) is 8.47. The number of hydrogen-bond donors (Lipinski definition) is 4. The highest BCUT2D eigenvalue weighted by atomic mass is 31.2. The van der Waals surface area contributed by atoms with Crippen LogP contribution in [-0.2, 0) is 21.5 Å². The number of hydrogen-bond acceptors (Lipinski definition) is 5. The lowest BCUT2D eigenvalue weighted by atomic mass is 10.1. The van der Waals surface area contributed by atoms with Gasteiger partial charge < -0.3 is 19.6 Å². The predicted molar refractivity (Wildman–Crippen MR) is 107 cm³/mol. The molecule has 11 heteroatoms. The Hall–Kier alpha value is -2.25. The van der Waals surface area contributed by atoms with Gasteiger partial charge in [-0.25, -0.2) is 4.98 Å². The summed E-state index contributed by atoms with van der Waals surface area (Å²) < 4.78 is 22.8. The second-order valence-electron chi connectivity index (χ2n) is 6.66. The fraction of sp³-hybridized carbons (Fsp3) is 0.167. The third-order valence-corrected chi connectivity index (χ3v) is 5.48. The Morgan fingerprint density at radius 1 is 0.724 bits per heavy atom. The summed E-state index contributed by atoms with van der Waals surface area (Å²) in [6.07, 6.45) is 2.09. The van der Waals surface area contributed by atoms with Crippen molar-refractivity contribution in [2.45, 2.75) is 19.2 Å². The van der Waals surface area contributed by atoms with Gasteiger partial charge in [-0.2, -0.15) is 0 Å². The number of pyridine rings is 3. The van der Waals surface area contributed by atoms with E-state index in [2.05, 4.69) is 15.0 Å². The van der Waals surface area contributed by atoms with Crippen LogP contribution >= 0.6 is 15.2 Å². The maximum atomic E-state index is 11.5. The van der Waals surface area contributed by atoms with Crippen molar-refractivity contribution in [2.75, 3.05) is 0 Å². The van der Waals surface area contributed by atoms with E-state index in [4.69, 9.17) is 0 Å². The molecule has 3 aromatic heterocycles. The number of nitrogens with zero attached hydrogens (tertiary/aromatic N) is 3. The predicted octanol–water partition coefficient (Wildman–Crippen LogP) is 2.87. The first kappa shape index (κ1) is 21.5. The van der Waals surface area contributed by atoms with Crippen molar-refractivity contribution in [1.29, 1.82) is 0 Å². The van der Waals surface area contributed by atoms with Gasteiger partial charge in [0.2, 0.25) is 0 Å². The summed E-state index contributed by atoms with van der Waals surface area (Å²) in [5, 5.41) is 0. The van der Waals surface area contributed by atoms with Crippen LogP contribution in [0.3, 0.4) is 0 Å². The standard InChI is InChI=1S/C18H19N3O6P2/c1-12-2-4-19-15(6-12)17-8-14(11-29(25,26)27)9-18(21-17)16-7-13(3-5-20-16)10-28(22,23)24/h2-9H,10-11H2,1H3,(H2,22,23,24)(H2,25,26,27). The molecule has 0 saturated heterocycles. The average molecular weight is 435 g/mol. The summed E-state index contributed by atoms with van der Waals surface area (Å²) in [4.78, 5) is 50.2. The van der Waals surface area contributed by atoms with Gasteiger partial charge in [-0.05, 0) is 60.0 Å². The van der Waals surface area contributed by atoms with E-state index in [-0.39, 0.29) is 0 Å². The molecule has 0 bridgehead atoms. The van der Waals surface area contributed by atoms with Crippen molar-refractivity contribution in [1.82, 2.24) is 15.0 Å². The Balaban J connectivity index is 2.12. The van der Waals surface area contributed by atoms with E-state index in [0.717, 1.165) is 5.56 Å². The molecule has 3 rings (SSSR count). The Morgan fingerprint density at radius 3 is 1.76 bits per heavy atom. The summed E-state index contributed by atoms with van der Waals surface area (Å²) in [5.74, 6) is 0. The molecule has 0 fully saturated rings. The van der Waals surface area contributed by atoms with Crippen molar-refractivity contribution in [3.8, 4) is 22.8 Å². The highest BCUT2D eigenvalue weighted by Gasteiger charge is 2.19. The van der Waals surface area contributed by atoms with Crippen LogP contribution in [0.5, 0.6) is 0 Å². The first-order chi connectivity index (χ1) is 13.5. The maximum absolute atomic E-state index is 11.5. The molecule has 0 aliphatic carbocycles. The normalized spacial score (nSPS) is 12.2. The molecule has 0 unspecified atom stereocenters. The molecular weight excluding hydrogens is 416 g/mol. The second-order valence-corrected chi connectivity index (χ2v) is 9.95. The van der Waals surface area contributed by atoms with Crippen molar-refractivity contribution >= 4 is 15.2 Å². The molecule has 0 amide bonds. The number of aryl methyl sites for hydroxylation is 1. The van der Waals surface area contributed by atoms with Crippen LogP contribution in [0, 0.1) is 6.92 Å². The molecule has 0 atom stereocenters. The second kappa shape index (κ2) is 8.24. The minimum atomic E-state index is -4.33. The van der Waals surface area contributed by atoms with Gasteiger partial charge in [-0.15, -0.1) is 0 Å².